The number of benzene rings is 1. The predicted octanol–water partition coefficient (Wildman–Crippen LogP) is 2.73. The van der Waals surface area contributed by atoms with Crippen LogP contribution in [0.2, 0.25) is 6.32 Å². The van der Waals surface area contributed by atoms with Crippen molar-refractivity contribution in [2.24, 2.45) is 11.8 Å². The maximum absolute atomic E-state index is 11.5. The van der Waals surface area contributed by atoms with Crippen molar-refractivity contribution < 1.29 is 9.90 Å². The Kier molecular flexibility index (Phi) is 4.96. The molecule has 1 fully saturated rings. The first-order valence-electron chi connectivity index (χ1n) is 8.17. The summed E-state index contributed by atoms with van der Waals surface area (Å²) in [5, 5.41) is 10.6. The quantitative estimate of drug-likeness (QED) is 0.834. The molecule has 1 saturated heterocycles. The van der Waals surface area contributed by atoms with Crippen molar-refractivity contribution in [1.82, 2.24) is 9.88 Å². The highest BCUT2D eigenvalue weighted by atomic mass is 16.4. The first-order valence-corrected chi connectivity index (χ1v) is 8.17. The maximum atomic E-state index is 11.5. The molecular weight excluding hydrogens is 287 g/mol. The molecular formula is C18H21BN2O2. The molecule has 0 saturated carbocycles. The molecule has 0 aliphatic carbocycles. The van der Waals surface area contributed by atoms with Crippen LogP contribution in [0.25, 0.3) is 10.9 Å². The second kappa shape index (κ2) is 7.13. The molecule has 5 heteroatoms. The minimum absolute atomic E-state index is 0.198. The lowest BCUT2D eigenvalue weighted by atomic mass is 9.88. The number of pyridine rings is 1. The Morgan fingerprint density at radius 1 is 1.30 bits per heavy atom. The van der Waals surface area contributed by atoms with Crippen molar-refractivity contribution in [2.75, 3.05) is 13.1 Å². The van der Waals surface area contributed by atoms with Gasteiger partial charge in [-0.3, -0.25) is 14.7 Å². The number of rotatable bonds is 6. The molecule has 0 spiro atoms. The first kappa shape index (κ1) is 16.0. The average molecular weight is 308 g/mol. The molecule has 2 atom stereocenters. The van der Waals surface area contributed by atoms with E-state index in [0.29, 0.717) is 12.9 Å². The van der Waals surface area contributed by atoms with Crippen LogP contribution < -0.4 is 0 Å². The lowest BCUT2D eigenvalue weighted by molar-refractivity contribution is -0.142. The fourth-order valence-corrected chi connectivity index (χ4v) is 3.58. The van der Waals surface area contributed by atoms with Crippen molar-refractivity contribution in [3.63, 3.8) is 0 Å². The third-order valence-corrected chi connectivity index (χ3v) is 4.75. The average Bonchev–Trinajstić information content (AvgIpc) is 2.96. The topological polar surface area (TPSA) is 53.4 Å². The smallest absolute Gasteiger partial charge is 0.308 e. The molecule has 1 aromatic heterocycles. The van der Waals surface area contributed by atoms with E-state index in [-0.39, 0.29) is 11.8 Å². The van der Waals surface area contributed by atoms with Crippen LogP contribution in [-0.2, 0) is 11.3 Å². The van der Waals surface area contributed by atoms with Gasteiger partial charge in [0, 0.05) is 31.2 Å². The lowest BCUT2D eigenvalue weighted by Crippen LogP contribution is -2.23. The van der Waals surface area contributed by atoms with Crippen LogP contribution in [0, 0.1) is 11.8 Å². The Labute approximate surface area is 137 Å². The Hall–Kier alpha value is -1.88. The van der Waals surface area contributed by atoms with Crippen molar-refractivity contribution in [3.05, 3.63) is 42.1 Å². The number of fused-ring (bicyclic) bond motifs is 1. The normalized spacial score (nSPS) is 21.7. The summed E-state index contributed by atoms with van der Waals surface area (Å²) in [4.78, 5) is 18.2. The minimum Gasteiger partial charge on any atom is -0.481 e. The Bertz CT molecular complexity index is 686. The van der Waals surface area contributed by atoms with Crippen LogP contribution in [0.15, 0.2) is 36.5 Å². The van der Waals surface area contributed by atoms with E-state index in [9.17, 15) is 9.90 Å². The van der Waals surface area contributed by atoms with Crippen molar-refractivity contribution in [3.8, 4) is 0 Å². The van der Waals surface area contributed by atoms with E-state index in [1.54, 1.807) is 0 Å². The number of aromatic nitrogens is 1. The van der Waals surface area contributed by atoms with Gasteiger partial charge in [-0.25, -0.2) is 0 Å². The van der Waals surface area contributed by atoms with Gasteiger partial charge in [0.15, 0.2) is 0 Å². The molecule has 118 valence electrons. The highest BCUT2D eigenvalue weighted by Crippen LogP contribution is 2.30. The number of carbonyl (C=O) groups is 1. The molecule has 0 amide bonds. The molecule has 3 rings (SSSR count). The van der Waals surface area contributed by atoms with Gasteiger partial charge >= 0.3 is 5.97 Å². The number of hydrogen-bond donors (Lipinski definition) is 1. The largest absolute Gasteiger partial charge is 0.481 e. The molecule has 23 heavy (non-hydrogen) atoms. The van der Waals surface area contributed by atoms with Gasteiger partial charge in [0.2, 0.25) is 0 Å². The molecule has 1 aliphatic rings. The zero-order valence-corrected chi connectivity index (χ0v) is 13.2. The maximum Gasteiger partial charge on any atom is 0.308 e. The van der Waals surface area contributed by atoms with Gasteiger partial charge < -0.3 is 5.11 Å². The summed E-state index contributed by atoms with van der Waals surface area (Å²) in [6.45, 7) is 2.21. The third kappa shape index (κ3) is 3.55. The van der Waals surface area contributed by atoms with Crippen LogP contribution in [0.3, 0.4) is 0 Å². The van der Waals surface area contributed by atoms with Gasteiger partial charge in [0.05, 0.1) is 19.3 Å². The molecule has 1 N–H and O–H groups in total. The van der Waals surface area contributed by atoms with E-state index in [1.807, 2.05) is 30.5 Å². The number of aliphatic carboxylic acids is 1. The molecule has 0 bridgehead atoms. The van der Waals surface area contributed by atoms with Crippen LogP contribution >= 0.6 is 0 Å². The minimum atomic E-state index is -0.686. The molecule has 1 aromatic carbocycles. The number of carboxylic acid groups (broad SMARTS) is 1. The van der Waals surface area contributed by atoms with Crippen LogP contribution in [0.1, 0.15) is 18.4 Å². The standard InChI is InChI=1S/C18H21BN2O2/c19-8-3-4-13-10-21(12-16(13)18(22)23)11-14-7-9-20-17-6-2-1-5-15(14)17/h1-2,5-7,9,13,16H,3-4,8,10-12H2,(H,22,23). The molecule has 4 nitrogen and oxygen atoms in total. The van der Waals surface area contributed by atoms with Gasteiger partial charge in [0.25, 0.3) is 0 Å². The molecule has 2 radical (unpaired) electrons. The third-order valence-electron chi connectivity index (χ3n) is 4.75. The summed E-state index contributed by atoms with van der Waals surface area (Å²) < 4.78 is 0. The van der Waals surface area contributed by atoms with Crippen molar-refractivity contribution >= 4 is 24.7 Å². The van der Waals surface area contributed by atoms with E-state index in [1.165, 1.54) is 5.56 Å². The monoisotopic (exact) mass is 308 g/mol. The van der Waals surface area contributed by atoms with E-state index in [0.717, 1.165) is 36.8 Å². The zero-order valence-electron chi connectivity index (χ0n) is 13.2. The van der Waals surface area contributed by atoms with Gasteiger partial charge in [-0.05, 0) is 30.0 Å². The number of nitrogens with zero attached hydrogens (tertiary/aromatic N) is 2. The molecule has 2 unspecified atom stereocenters. The van der Waals surface area contributed by atoms with Crippen LogP contribution in [-0.4, -0.2) is 41.9 Å². The first-order chi connectivity index (χ1) is 11.2. The van der Waals surface area contributed by atoms with Gasteiger partial charge in [-0.2, -0.15) is 0 Å². The zero-order chi connectivity index (χ0) is 16.2. The Morgan fingerprint density at radius 3 is 2.91 bits per heavy atom. The van der Waals surface area contributed by atoms with Crippen LogP contribution in [0.5, 0.6) is 0 Å². The Morgan fingerprint density at radius 2 is 2.13 bits per heavy atom. The molecule has 1 aliphatic heterocycles. The Balaban J connectivity index is 1.76. The van der Waals surface area contributed by atoms with Crippen molar-refractivity contribution in [2.45, 2.75) is 25.7 Å². The van der Waals surface area contributed by atoms with Gasteiger partial charge in [-0.15, -0.1) is 0 Å². The number of hydrogen-bond acceptors (Lipinski definition) is 3. The predicted molar refractivity (Wildman–Crippen MR) is 91.4 cm³/mol. The fourth-order valence-electron chi connectivity index (χ4n) is 3.58. The fraction of sp³-hybridized carbons (Fsp3) is 0.444. The van der Waals surface area contributed by atoms with E-state index in [4.69, 9.17) is 7.85 Å². The van der Waals surface area contributed by atoms with Crippen LogP contribution in [0.4, 0.5) is 0 Å². The summed E-state index contributed by atoms with van der Waals surface area (Å²) in [7, 11) is 5.58. The van der Waals surface area contributed by atoms with E-state index < -0.39 is 5.97 Å². The SMILES string of the molecule is [B]CCCC1CN(Cc2ccnc3ccccc23)CC1C(=O)O. The summed E-state index contributed by atoms with van der Waals surface area (Å²) in [5.74, 6) is -0.770. The highest BCUT2D eigenvalue weighted by molar-refractivity contribution is 6.08. The van der Waals surface area contributed by atoms with Gasteiger partial charge in [0.1, 0.15) is 0 Å². The van der Waals surface area contributed by atoms with Gasteiger partial charge in [-0.1, -0.05) is 30.9 Å². The van der Waals surface area contributed by atoms with Crippen molar-refractivity contribution in [1.29, 1.82) is 0 Å². The van der Waals surface area contributed by atoms with E-state index >= 15 is 0 Å². The second-order valence-corrected chi connectivity index (χ2v) is 6.32. The summed E-state index contributed by atoms with van der Waals surface area (Å²) in [5.41, 5.74) is 2.19. The van der Waals surface area contributed by atoms with E-state index in [2.05, 4.69) is 16.0 Å². The summed E-state index contributed by atoms with van der Waals surface area (Å²) in [6.07, 6.45) is 4.23. The summed E-state index contributed by atoms with van der Waals surface area (Å²) in [6, 6.07) is 10.1. The number of likely N-dealkylation sites (tertiary alicyclic amines) is 1. The summed E-state index contributed by atoms with van der Waals surface area (Å²) >= 11 is 0. The lowest BCUT2D eigenvalue weighted by Gasteiger charge is -2.17. The highest BCUT2D eigenvalue weighted by Gasteiger charge is 2.36. The second-order valence-electron chi connectivity index (χ2n) is 6.32. The molecule has 2 heterocycles. The molecule has 2 aromatic rings. The number of para-hydroxylation sites is 1. The number of carboxylic acids is 1.